The molecule has 2 aromatic heterocycles. The van der Waals surface area contributed by atoms with E-state index < -0.39 is 0 Å². The summed E-state index contributed by atoms with van der Waals surface area (Å²) in [7, 11) is 1.85. The maximum absolute atomic E-state index is 4.44. The largest absolute Gasteiger partial charge is 0.363 e. The van der Waals surface area contributed by atoms with Gasteiger partial charge >= 0.3 is 0 Å². The molecule has 5 nitrogen and oxygen atoms in total. The fourth-order valence-electron chi connectivity index (χ4n) is 1.90. The van der Waals surface area contributed by atoms with E-state index in [1.54, 1.807) is 23.1 Å². The number of nitrogens with one attached hydrogen (secondary N) is 1. The van der Waals surface area contributed by atoms with E-state index >= 15 is 0 Å². The fourth-order valence-corrected chi connectivity index (χ4v) is 3.57. The molecule has 0 saturated heterocycles. The van der Waals surface area contributed by atoms with Crippen molar-refractivity contribution in [2.24, 2.45) is 0 Å². The lowest BCUT2D eigenvalue weighted by Gasteiger charge is -2.07. The van der Waals surface area contributed by atoms with Crippen molar-refractivity contribution in [2.75, 3.05) is 12.4 Å². The normalized spacial score (nSPS) is 10.7. The third-order valence-corrected chi connectivity index (χ3v) is 5.01. The number of hydrogen-bond donors (Lipinski definition) is 1. The van der Waals surface area contributed by atoms with Gasteiger partial charge in [-0.25, -0.2) is 4.98 Å². The first-order valence-corrected chi connectivity index (χ1v) is 8.33. The van der Waals surface area contributed by atoms with Crippen molar-refractivity contribution in [1.29, 1.82) is 0 Å². The average Bonchev–Trinajstić information content (AvgIpc) is 3.15. The van der Waals surface area contributed by atoms with E-state index in [0.717, 1.165) is 27.6 Å². The summed E-state index contributed by atoms with van der Waals surface area (Å²) in [5.41, 5.74) is 1.27. The van der Waals surface area contributed by atoms with Gasteiger partial charge in [-0.15, -0.1) is 10.2 Å². The van der Waals surface area contributed by atoms with Crippen molar-refractivity contribution in [3.8, 4) is 0 Å². The quantitative estimate of drug-likeness (QED) is 0.708. The molecule has 0 radical (unpaired) electrons. The Labute approximate surface area is 131 Å². The Balaban J connectivity index is 1.65. The molecule has 108 valence electrons. The van der Waals surface area contributed by atoms with Gasteiger partial charge in [0.15, 0.2) is 4.34 Å². The van der Waals surface area contributed by atoms with E-state index in [-0.39, 0.29) is 0 Å². The number of hydrogen-bond acceptors (Lipinski definition) is 6. The van der Waals surface area contributed by atoms with E-state index in [0.29, 0.717) is 0 Å². The van der Waals surface area contributed by atoms with Gasteiger partial charge in [0.2, 0.25) is 5.13 Å². The van der Waals surface area contributed by atoms with Crippen LogP contribution in [0.1, 0.15) is 11.4 Å². The Bertz CT molecular complexity index is 692. The number of rotatable bonds is 6. The smallest absolute Gasteiger partial charge is 0.206 e. The zero-order valence-corrected chi connectivity index (χ0v) is 13.2. The van der Waals surface area contributed by atoms with Crippen LogP contribution in [-0.2, 0) is 12.3 Å². The maximum atomic E-state index is 4.44. The number of thioether (sulfide) groups is 1. The summed E-state index contributed by atoms with van der Waals surface area (Å²) in [6.45, 7) is 0.842. The fraction of sp³-hybridized carbons (Fsp3) is 0.214. The minimum atomic E-state index is 0.790. The summed E-state index contributed by atoms with van der Waals surface area (Å²) in [6.07, 6.45) is 3.86. The molecule has 0 unspecified atom stereocenters. The van der Waals surface area contributed by atoms with Crippen LogP contribution in [0.3, 0.4) is 0 Å². The molecule has 0 saturated carbocycles. The van der Waals surface area contributed by atoms with Crippen LogP contribution in [0.2, 0.25) is 0 Å². The van der Waals surface area contributed by atoms with Gasteiger partial charge in [0.25, 0.3) is 0 Å². The van der Waals surface area contributed by atoms with Gasteiger partial charge in [-0.05, 0) is 5.56 Å². The van der Waals surface area contributed by atoms with Crippen LogP contribution in [0.4, 0.5) is 5.13 Å². The predicted octanol–water partition coefficient (Wildman–Crippen LogP) is 3.12. The average molecular weight is 317 g/mol. The number of nitrogens with zero attached hydrogens (tertiary/aromatic N) is 4. The van der Waals surface area contributed by atoms with Gasteiger partial charge in [0.1, 0.15) is 5.82 Å². The molecule has 1 N–H and O–H groups in total. The van der Waals surface area contributed by atoms with E-state index in [2.05, 4.69) is 49.3 Å². The summed E-state index contributed by atoms with van der Waals surface area (Å²) in [6, 6.07) is 10.4. The van der Waals surface area contributed by atoms with Gasteiger partial charge in [-0.1, -0.05) is 53.4 Å². The molecular formula is C14H15N5S2. The lowest BCUT2D eigenvalue weighted by Crippen LogP contribution is -2.03. The van der Waals surface area contributed by atoms with E-state index in [1.807, 2.05) is 25.5 Å². The Morgan fingerprint density at radius 1 is 1.24 bits per heavy atom. The molecule has 7 heteroatoms. The van der Waals surface area contributed by atoms with E-state index in [1.165, 1.54) is 5.56 Å². The van der Waals surface area contributed by atoms with Crippen molar-refractivity contribution < 1.29 is 0 Å². The SMILES string of the molecule is CNc1nnc(SCc2nccn2Cc2ccccc2)s1. The van der Waals surface area contributed by atoms with Crippen molar-refractivity contribution in [3.05, 3.63) is 54.1 Å². The molecule has 3 aromatic rings. The minimum Gasteiger partial charge on any atom is -0.363 e. The third-order valence-electron chi connectivity index (χ3n) is 2.94. The highest BCUT2D eigenvalue weighted by Crippen LogP contribution is 2.27. The number of anilines is 1. The molecule has 21 heavy (non-hydrogen) atoms. The molecule has 3 rings (SSSR count). The molecule has 0 atom stereocenters. The zero-order chi connectivity index (χ0) is 14.5. The highest BCUT2D eigenvalue weighted by Gasteiger charge is 2.08. The molecule has 0 bridgehead atoms. The highest BCUT2D eigenvalue weighted by molar-refractivity contribution is 8.00. The topological polar surface area (TPSA) is 55.6 Å². The van der Waals surface area contributed by atoms with Crippen molar-refractivity contribution in [3.63, 3.8) is 0 Å². The Kier molecular flexibility index (Phi) is 4.52. The minimum absolute atomic E-state index is 0.790. The number of imidazole rings is 1. The summed E-state index contributed by atoms with van der Waals surface area (Å²) in [5, 5.41) is 12.0. The zero-order valence-electron chi connectivity index (χ0n) is 11.6. The Hall–Kier alpha value is -1.86. The second kappa shape index (κ2) is 6.73. The van der Waals surface area contributed by atoms with Crippen LogP contribution >= 0.6 is 23.1 Å². The highest BCUT2D eigenvalue weighted by atomic mass is 32.2. The van der Waals surface area contributed by atoms with Crippen LogP contribution in [0.15, 0.2) is 47.1 Å². The van der Waals surface area contributed by atoms with Crippen LogP contribution in [0.5, 0.6) is 0 Å². The Morgan fingerprint density at radius 3 is 2.86 bits per heavy atom. The standard InChI is InChI=1S/C14H15N5S2/c1-15-13-17-18-14(21-13)20-10-12-16-7-8-19(12)9-11-5-3-2-4-6-11/h2-8H,9-10H2,1H3,(H,15,17). The number of benzene rings is 1. The maximum Gasteiger partial charge on any atom is 0.206 e. The summed E-state index contributed by atoms with van der Waals surface area (Å²) in [5.74, 6) is 1.84. The Morgan fingerprint density at radius 2 is 2.10 bits per heavy atom. The monoisotopic (exact) mass is 317 g/mol. The van der Waals surface area contributed by atoms with Gasteiger partial charge in [0.05, 0.1) is 5.75 Å². The second-order valence-electron chi connectivity index (χ2n) is 4.37. The molecule has 0 aliphatic carbocycles. The molecule has 0 aliphatic rings. The van der Waals surface area contributed by atoms with Gasteiger partial charge in [-0.2, -0.15) is 0 Å². The lowest BCUT2D eigenvalue weighted by atomic mass is 10.2. The van der Waals surface area contributed by atoms with Crippen LogP contribution in [-0.4, -0.2) is 26.8 Å². The van der Waals surface area contributed by atoms with Gasteiger partial charge < -0.3 is 9.88 Å². The van der Waals surface area contributed by atoms with E-state index in [4.69, 9.17) is 0 Å². The first-order chi connectivity index (χ1) is 10.3. The molecule has 0 fully saturated rings. The summed E-state index contributed by atoms with van der Waals surface area (Å²) in [4.78, 5) is 4.44. The predicted molar refractivity (Wildman–Crippen MR) is 86.8 cm³/mol. The number of aromatic nitrogens is 4. The van der Waals surface area contributed by atoms with E-state index in [9.17, 15) is 0 Å². The molecular weight excluding hydrogens is 302 g/mol. The molecule has 1 aromatic carbocycles. The third kappa shape index (κ3) is 3.62. The van der Waals surface area contributed by atoms with Gasteiger partial charge in [0, 0.05) is 26.0 Å². The molecule has 0 amide bonds. The molecule has 2 heterocycles. The van der Waals surface area contributed by atoms with Crippen molar-refractivity contribution in [1.82, 2.24) is 19.7 Å². The first-order valence-electron chi connectivity index (χ1n) is 6.53. The summed E-state index contributed by atoms with van der Waals surface area (Å²) < 4.78 is 3.12. The molecule has 0 spiro atoms. The van der Waals surface area contributed by atoms with Crippen LogP contribution < -0.4 is 5.32 Å². The first kappa shape index (κ1) is 14.1. The van der Waals surface area contributed by atoms with Crippen LogP contribution in [0.25, 0.3) is 0 Å². The molecule has 0 aliphatic heterocycles. The van der Waals surface area contributed by atoms with Crippen LogP contribution in [0, 0.1) is 0 Å². The van der Waals surface area contributed by atoms with Crippen molar-refractivity contribution >= 4 is 28.2 Å². The summed E-state index contributed by atoms with van der Waals surface area (Å²) >= 11 is 3.22. The van der Waals surface area contributed by atoms with Gasteiger partial charge in [-0.3, -0.25) is 0 Å². The van der Waals surface area contributed by atoms with Crippen molar-refractivity contribution in [2.45, 2.75) is 16.6 Å². The lowest BCUT2D eigenvalue weighted by molar-refractivity contribution is 0.756. The second-order valence-corrected chi connectivity index (χ2v) is 6.57.